The normalized spacial score (nSPS) is 24.0. The zero-order chi connectivity index (χ0) is 14.8. The Balaban J connectivity index is 1.99. The predicted octanol–water partition coefficient (Wildman–Crippen LogP) is 5.15. The van der Waals surface area contributed by atoms with Crippen LogP contribution in [-0.2, 0) is 0 Å². The van der Waals surface area contributed by atoms with E-state index in [1.54, 1.807) is 0 Å². The van der Waals surface area contributed by atoms with Crippen LogP contribution >= 0.6 is 0 Å². The van der Waals surface area contributed by atoms with Crippen molar-refractivity contribution in [2.75, 3.05) is 6.54 Å². The van der Waals surface area contributed by atoms with Crippen molar-refractivity contribution in [3.05, 3.63) is 59.7 Å². The van der Waals surface area contributed by atoms with Crippen molar-refractivity contribution < 1.29 is 0 Å². The van der Waals surface area contributed by atoms with E-state index in [0.29, 0.717) is 17.9 Å². The number of benzene rings is 2. The number of hydrogen-bond donors (Lipinski definition) is 1. The predicted molar refractivity (Wildman–Crippen MR) is 90.5 cm³/mol. The summed E-state index contributed by atoms with van der Waals surface area (Å²) >= 11 is 0. The highest BCUT2D eigenvalue weighted by Gasteiger charge is 2.34. The Hall–Kier alpha value is -1.60. The van der Waals surface area contributed by atoms with Crippen molar-refractivity contribution >= 4 is 0 Å². The molecule has 0 aromatic heterocycles. The first kappa shape index (κ1) is 14.3. The third-order valence-electron chi connectivity index (χ3n) is 4.95. The molecule has 0 amide bonds. The minimum Gasteiger partial charge on any atom is -0.310 e. The van der Waals surface area contributed by atoms with E-state index in [9.17, 15) is 0 Å². The highest BCUT2D eigenvalue weighted by Crippen LogP contribution is 2.45. The van der Waals surface area contributed by atoms with Crippen molar-refractivity contribution in [2.24, 2.45) is 5.92 Å². The van der Waals surface area contributed by atoms with E-state index in [2.05, 4.69) is 74.6 Å². The summed E-state index contributed by atoms with van der Waals surface area (Å²) in [5.74, 6) is 1.30. The van der Waals surface area contributed by atoms with Gasteiger partial charge in [-0.05, 0) is 53.1 Å². The standard InChI is InChI=1S/C20H25N/c1-4-12-21-20-15(3)14(2)18-11-10-17(13-19(18)20)16-8-6-5-7-9-16/h5-11,13-15,20-21H,4,12H2,1-3H3. The lowest BCUT2D eigenvalue weighted by molar-refractivity contribution is 0.380. The molecule has 0 spiro atoms. The fourth-order valence-electron chi connectivity index (χ4n) is 3.52. The molecule has 0 fully saturated rings. The van der Waals surface area contributed by atoms with Crippen LogP contribution in [0.2, 0.25) is 0 Å². The summed E-state index contributed by atoms with van der Waals surface area (Å²) < 4.78 is 0. The molecule has 1 N–H and O–H groups in total. The minimum absolute atomic E-state index is 0.499. The number of nitrogens with one attached hydrogen (secondary N) is 1. The molecule has 21 heavy (non-hydrogen) atoms. The Bertz CT molecular complexity index is 602. The molecule has 0 bridgehead atoms. The van der Waals surface area contributed by atoms with Gasteiger partial charge >= 0.3 is 0 Å². The largest absolute Gasteiger partial charge is 0.310 e. The maximum atomic E-state index is 3.75. The molecule has 0 aliphatic heterocycles. The Morgan fingerprint density at radius 1 is 0.905 bits per heavy atom. The van der Waals surface area contributed by atoms with E-state index in [0.717, 1.165) is 6.54 Å². The van der Waals surface area contributed by atoms with Crippen molar-refractivity contribution in [3.63, 3.8) is 0 Å². The molecule has 2 aromatic rings. The van der Waals surface area contributed by atoms with Gasteiger partial charge in [-0.3, -0.25) is 0 Å². The summed E-state index contributed by atoms with van der Waals surface area (Å²) in [4.78, 5) is 0. The first-order chi connectivity index (χ1) is 10.2. The number of fused-ring (bicyclic) bond motifs is 1. The van der Waals surface area contributed by atoms with E-state index in [1.807, 2.05) is 0 Å². The van der Waals surface area contributed by atoms with E-state index in [1.165, 1.54) is 28.7 Å². The first-order valence-electron chi connectivity index (χ1n) is 8.15. The average Bonchev–Trinajstić information content (AvgIpc) is 2.77. The van der Waals surface area contributed by atoms with Gasteiger partial charge < -0.3 is 5.32 Å². The van der Waals surface area contributed by atoms with Gasteiger partial charge in [0.25, 0.3) is 0 Å². The van der Waals surface area contributed by atoms with Gasteiger partial charge in [-0.15, -0.1) is 0 Å². The van der Waals surface area contributed by atoms with Crippen LogP contribution in [0.5, 0.6) is 0 Å². The Morgan fingerprint density at radius 2 is 1.67 bits per heavy atom. The molecule has 3 atom stereocenters. The van der Waals surface area contributed by atoms with Crippen molar-refractivity contribution in [2.45, 2.75) is 39.2 Å². The molecule has 1 aliphatic rings. The minimum atomic E-state index is 0.499. The second kappa shape index (κ2) is 6.03. The summed E-state index contributed by atoms with van der Waals surface area (Å²) in [5.41, 5.74) is 5.67. The molecule has 0 saturated heterocycles. The van der Waals surface area contributed by atoms with E-state index in [4.69, 9.17) is 0 Å². The van der Waals surface area contributed by atoms with Gasteiger partial charge in [0.05, 0.1) is 0 Å². The summed E-state index contributed by atoms with van der Waals surface area (Å²) in [6.45, 7) is 8.06. The van der Waals surface area contributed by atoms with Gasteiger partial charge in [0.1, 0.15) is 0 Å². The molecule has 1 nitrogen and oxygen atoms in total. The second-order valence-corrected chi connectivity index (χ2v) is 6.29. The first-order valence-corrected chi connectivity index (χ1v) is 8.15. The van der Waals surface area contributed by atoms with Gasteiger partial charge in [-0.25, -0.2) is 0 Å². The highest BCUT2D eigenvalue weighted by atomic mass is 14.9. The third kappa shape index (κ3) is 2.63. The maximum Gasteiger partial charge on any atom is 0.0354 e. The van der Waals surface area contributed by atoms with Crippen molar-refractivity contribution in [1.82, 2.24) is 5.32 Å². The highest BCUT2D eigenvalue weighted by molar-refractivity contribution is 5.66. The lowest BCUT2D eigenvalue weighted by atomic mass is 9.94. The van der Waals surface area contributed by atoms with Gasteiger partial charge in [0.2, 0.25) is 0 Å². The van der Waals surface area contributed by atoms with Crippen molar-refractivity contribution in [1.29, 1.82) is 0 Å². The van der Waals surface area contributed by atoms with Crippen LogP contribution < -0.4 is 5.32 Å². The van der Waals surface area contributed by atoms with Crippen LogP contribution in [0.4, 0.5) is 0 Å². The van der Waals surface area contributed by atoms with Gasteiger partial charge in [-0.2, -0.15) is 0 Å². The third-order valence-corrected chi connectivity index (χ3v) is 4.95. The molecule has 0 heterocycles. The smallest absolute Gasteiger partial charge is 0.0354 e. The molecule has 0 saturated carbocycles. The molecule has 1 aliphatic carbocycles. The molecule has 1 heteroatoms. The zero-order valence-electron chi connectivity index (χ0n) is 13.3. The Morgan fingerprint density at radius 3 is 2.38 bits per heavy atom. The summed E-state index contributed by atoms with van der Waals surface area (Å²) in [6, 6.07) is 18.2. The van der Waals surface area contributed by atoms with E-state index in [-0.39, 0.29) is 0 Å². The van der Waals surface area contributed by atoms with Crippen LogP contribution in [-0.4, -0.2) is 6.54 Å². The second-order valence-electron chi connectivity index (χ2n) is 6.29. The monoisotopic (exact) mass is 279 g/mol. The summed E-state index contributed by atoms with van der Waals surface area (Å²) in [7, 11) is 0. The summed E-state index contributed by atoms with van der Waals surface area (Å²) in [6.07, 6.45) is 1.19. The molecule has 3 unspecified atom stereocenters. The average molecular weight is 279 g/mol. The molecule has 0 radical (unpaired) electrons. The lowest BCUT2D eigenvalue weighted by Gasteiger charge is -2.20. The van der Waals surface area contributed by atoms with Crippen LogP contribution in [0.25, 0.3) is 11.1 Å². The zero-order valence-corrected chi connectivity index (χ0v) is 13.3. The van der Waals surface area contributed by atoms with Crippen LogP contribution in [0.3, 0.4) is 0 Å². The quantitative estimate of drug-likeness (QED) is 0.816. The topological polar surface area (TPSA) is 12.0 Å². The van der Waals surface area contributed by atoms with Crippen LogP contribution in [0, 0.1) is 5.92 Å². The molecule has 110 valence electrons. The number of rotatable bonds is 4. The fourth-order valence-corrected chi connectivity index (χ4v) is 3.52. The van der Waals surface area contributed by atoms with Crippen LogP contribution in [0.1, 0.15) is 50.3 Å². The SMILES string of the molecule is CCCNC1c2cc(-c3ccccc3)ccc2C(C)C1C. The maximum absolute atomic E-state index is 3.75. The Kier molecular flexibility index (Phi) is 4.12. The van der Waals surface area contributed by atoms with Crippen molar-refractivity contribution in [3.8, 4) is 11.1 Å². The lowest BCUT2D eigenvalue weighted by Crippen LogP contribution is -2.25. The van der Waals surface area contributed by atoms with Crippen LogP contribution in [0.15, 0.2) is 48.5 Å². The molecule has 3 rings (SSSR count). The molecular weight excluding hydrogens is 254 g/mol. The molecular formula is C20H25N. The van der Waals surface area contributed by atoms with E-state index >= 15 is 0 Å². The molecule has 2 aromatic carbocycles. The fraction of sp³-hybridized carbons (Fsp3) is 0.400. The number of hydrogen-bond acceptors (Lipinski definition) is 1. The Labute approximate surface area is 128 Å². The van der Waals surface area contributed by atoms with Gasteiger partial charge in [0.15, 0.2) is 0 Å². The summed E-state index contributed by atoms with van der Waals surface area (Å²) in [5, 5.41) is 3.75. The van der Waals surface area contributed by atoms with Gasteiger partial charge in [-0.1, -0.05) is 63.2 Å². The van der Waals surface area contributed by atoms with E-state index < -0.39 is 0 Å². The van der Waals surface area contributed by atoms with Gasteiger partial charge in [0, 0.05) is 6.04 Å².